The third kappa shape index (κ3) is 3.82. The molecule has 0 fully saturated rings. The van der Waals surface area contributed by atoms with Gasteiger partial charge in [0, 0.05) is 24.4 Å². The number of nitrogens with zero attached hydrogens (tertiary/aromatic N) is 1. The van der Waals surface area contributed by atoms with Crippen molar-refractivity contribution in [3.63, 3.8) is 0 Å². The molecular formula is C13H20N2O4. The van der Waals surface area contributed by atoms with Gasteiger partial charge < -0.3 is 15.2 Å². The molecule has 1 rings (SSSR count). The highest BCUT2D eigenvalue weighted by Gasteiger charge is 2.22. The standard InChI is InChI=1S/C13H20N2O4/c1-4-13(16,5-2)9-14-10-6-7-11(15(17)18)12(8-10)19-3/h6-8,14,16H,4-5,9H2,1-3H3. The molecule has 0 bridgehead atoms. The summed E-state index contributed by atoms with van der Waals surface area (Å²) in [5.74, 6) is 0.200. The van der Waals surface area contributed by atoms with Gasteiger partial charge in [0.15, 0.2) is 5.75 Å². The molecule has 1 aromatic carbocycles. The molecule has 0 aliphatic heterocycles. The topological polar surface area (TPSA) is 84.6 Å². The summed E-state index contributed by atoms with van der Waals surface area (Å²) in [6.07, 6.45) is 1.28. The lowest BCUT2D eigenvalue weighted by Gasteiger charge is -2.26. The van der Waals surface area contributed by atoms with Crippen LogP contribution in [-0.2, 0) is 0 Å². The Kier molecular flexibility index (Phi) is 5.11. The number of aliphatic hydroxyl groups is 1. The van der Waals surface area contributed by atoms with Crippen molar-refractivity contribution in [1.82, 2.24) is 0 Å². The van der Waals surface area contributed by atoms with Crippen molar-refractivity contribution in [1.29, 1.82) is 0 Å². The lowest BCUT2D eigenvalue weighted by Crippen LogP contribution is -2.35. The molecule has 0 heterocycles. The normalized spacial score (nSPS) is 11.2. The molecular weight excluding hydrogens is 248 g/mol. The fraction of sp³-hybridized carbons (Fsp3) is 0.538. The maximum absolute atomic E-state index is 10.8. The predicted molar refractivity (Wildman–Crippen MR) is 73.7 cm³/mol. The van der Waals surface area contributed by atoms with Crippen molar-refractivity contribution in [2.45, 2.75) is 32.3 Å². The van der Waals surface area contributed by atoms with Gasteiger partial charge >= 0.3 is 5.69 Å². The van der Waals surface area contributed by atoms with Crippen LogP contribution in [-0.4, -0.2) is 29.3 Å². The van der Waals surface area contributed by atoms with Crippen LogP contribution in [0.2, 0.25) is 0 Å². The second-order valence-corrected chi connectivity index (χ2v) is 4.43. The molecule has 106 valence electrons. The van der Waals surface area contributed by atoms with Crippen LogP contribution in [0.3, 0.4) is 0 Å². The molecule has 19 heavy (non-hydrogen) atoms. The average molecular weight is 268 g/mol. The molecule has 6 heteroatoms. The summed E-state index contributed by atoms with van der Waals surface area (Å²) < 4.78 is 4.99. The molecule has 1 aromatic rings. The van der Waals surface area contributed by atoms with Gasteiger partial charge in [0.2, 0.25) is 0 Å². The van der Waals surface area contributed by atoms with Crippen LogP contribution in [0, 0.1) is 10.1 Å². The quantitative estimate of drug-likeness (QED) is 0.586. The Labute approximate surface area is 112 Å². The lowest BCUT2D eigenvalue weighted by molar-refractivity contribution is -0.385. The van der Waals surface area contributed by atoms with Gasteiger partial charge in [-0.05, 0) is 18.9 Å². The molecule has 0 amide bonds. The van der Waals surface area contributed by atoms with E-state index in [4.69, 9.17) is 4.74 Å². The summed E-state index contributed by atoms with van der Waals surface area (Å²) in [7, 11) is 1.39. The molecule has 2 N–H and O–H groups in total. The van der Waals surface area contributed by atoms with Gasteiger partial charge in [-0.15, -0.1) is 0 Å². The number of nitrogens with one attached hydrogen (secondary N) is 1. The number of methoxy groups -OCH3 is 1. The van der Waals surface area contributed by atoms with Crippen LogP contribution < -0.4 is 10.1 Å². The zero-order valence-corrected chi connectivity index (χ0v) is 11.5. The van der Waals surface area contributed by atoms with Crippen molar-refractivity contribution < 1.29 is 14.8 Å². The Morgan fingerprint density at radius 3 is 2.53 bits per heavy atom. The fourth-order valence-electron chi connectivity index (χ4n) is 1.71. The minimum atomic E-state index is -0.769. The largest absolute Gasteiger partial charge is 0.490 e. The Balaban J connectivity index is 2.83. The van der Waals surface area contributed by atoms with Gasteiger partial charge in [0.05, 0.1) is 17.6 Å². The van der Waals surface area contributed by atoms with Crippen LogP contribution in [0.5, 0.6) is 5.75 Å². The lowest BCUT2D eigenvalue weighted by atomic mass is 9.97. The maximum atomic E-state index is 10.8. The number of nitro groups is 1. The van der Waals surface area contributed by atoms with Crippen molar-refractivity contribution in [3.05, 3.63) is 28.3 Å². The van der Waals surface area contributed by atoms with Gasteiger partial charge in [-0.25, -0.2) is 0 Å². The van der Waals surface area contributed by atoms with Crippen LogP contribution in [0.1, 0.15) is 26.7 Å². The molecule has 0 spiro atoms. The van der Waals surface area contributed by atoms with E-state index < -0.39 is 10.5 Å². The van der Waals surface area contributed by atoms with Gasteiger partial charge in [0.25, 0.3) is 0 Å². The summed E-state index contributed by atoms with van der Waals surface area (Å²) in [5, 5.41) is 24.0. The van der Waals surface area contributed by atoms with E-state index in [1.807, 2.05) is 13.8 Å². The molecule has 0 unspecified atom stereocenters. The number of benzene rings is 1. The highest BCUT2D eigenvalue weighted by Crippen LogP contribution is 2.30. The number of anilines is 1. The van der Waals surface area contributed by atoms with E-state index in [0.29, 0.717) is 25.1 Å². The van der Waals surface area contributed by atoms with Gasteiger partial charge in [-0.3, -0.25) is 10.1 Å². The first-order valence-corrected chi connectivity index (χ1v) is 6.24. The van der Waals surface area contributed by atoms with E-state index in [-0.39, 0.29) is 11.4 Å². The minimum Gasteiger partial charge on any atom is -0.490 e. The first-order chi connectivity index (χ1) is 8.95. The van der Waals surface area contributed by atoms with Crippen molar-refractivity contribution in [3.8, 4) is 5.75 Å². The molecule has 6 nitrogen and oxygen atoms in total. The third-order valence-corrected chi connectivity index (χ3v) is 3.31. The Hall–Kier alpha value is -1.82. The highest BCUT2D eigenvalue weighted by atomic mass is 16.6. The zero-order chi connectivity index (χ0) is 14.5. The summed E-state index contributed by atoms with van der Waals surface area (Å²) in [6, 6.07) is 4.55. The highest BCUT2D eigenvalue weighted by molar-refractivity contribution is 5.58. The van der Waals surface area contributed by atoms with Crippen LogP contribution in [0.4, 0.5) is 11.4 Å². The van der Waals surface area contributed by atoms with E-state index in [1.165, 1.54) is 13.2 Å². The third-order valence-electron chi connectivity index (χ3n) is 3.31. The fourth-order valence-corrected chi connectivity index (χ4v) is 1.71. The number of ether oxygens (including phenoxy) is 1. The summed E-state index contributed by atoms with van der Waals surface area (Å²) in [5.41, 5.74) is -0.160. The summed E-state index contributed by atoms with van der Waals surface area (Å²) in [4.78, 5) is 10.3. The molecule has 0 aliphatic rings. The monoisotopic (exact) mass is 268 g/mol. The van der Waals surface area contributed by atoms with Gasteiger partial charge in [0.1, 0.15) is 0 Å². The Morgan fingerprint density at radius 2 is 2.05 bits per heavy atom. The van der Waals surface area contributed by atoms with Crippen LogP contribution in [0.25, 0.3) is 0 Å². The average Bonchev–Trinajstić information content (AvgIpc) is 2.44. The zero-order valence-electron chi connectivity index (χ0n) is 11.5. The van der Waals surface area contributed by atoms with Crippen molar-refractivity contribution in [2.24, 2.45) is 0 Å². The molecule has 0 atom stereocenters. The van der Waals surface area contributed by atoms with Gasteiger partial charge in [-0.1, -0.05) is 13.8 Å². The summed E-state index contributed by atoms with van der Waals surface area (Å²) in [6.45, 7) is 4.23. The SMILES string of the molecule is CCC(O)(CC)CNc1ccc([N+](=O)[O-])c(OC)c1. The van der Waals surface area contributed by atoms with Crippen molar-refractivity contribution in [2.75, 3.05) is 19.0 Å². The van der Waals surface area contributed by atoms with E-state index in [1.54, 1.807) is 12.1 Å². The van der Waals surface area contributed by atoms with E-state index in [0.717, 1.165) is 0 Å². The number of rotatable bonds is 7. The molecule has 0 radical (unpaired) electrons. The first-order valence-electron chi connectivity index (χ1n) is 6.24. The van der Waals surface area contributed by atoms with Gasteiger partial charge in [-0.2, -0.15) is 0 Å². The van der Waals surface area contributed by atoms with E-state index in [2.05, 4.69) is 5.32 Å². The Bertz CT molecular complexity index is 444. The Morgan fingerprint density at radius 1 is 1.42 bits per heavy atom. The van der Waals surface area contributed by atoms with E-state index in [9.17, 15) is 15.2 Å². The second kappa shape index (κ2) is 6.38. The molecule has 0 aliphatic carbocycles. The smallest absolute Gasteiger partial charge is 0.311 e. The number of nitro benzene ring substituents is 1. The van der Waals surface area contributed by atoms with Crippen LogP contribution in [0.15, 0.2) is 18.2 Å². The number of hydrogen-bond acceptors (Lipinski definition) is 5. The van der Waals surface area contributed by atoms with E-state index >= 15 is 0 Å². The maximum Gasteiger partial charge on any atom is 0.311 e. The second-order valence-electron chi connectivity index (χ2n) is 4.43. The first kappa shape index (κ1) is 15.2. The minimum absolute atomic E-state index is 0.0747. The summed E-state index contributed by atoms with van der Waals surface area (Å²) >= 11 is 0. The molecule has 0 saturated carbocycles. The predicted octanol–water partition coefficient (Wildman–Crippen LogP) is 2.57. The van der Waals surface area contributed by atoms with Crippen LogP contribution >= 0.6 is 0 Å². The molecule has 0 aromatic heterocycles. The molecule has 0 saturated heterocycles. The number of hydrogen-bond donors (Lipinski definition) is 2. The van der Waals surface area contributed by atoms with Crippen molar-refractivity contribution >= 4 is 11.4 Å².